The van der Waals surface area contributed by atoms with Crippen molar-refractivity contribution in [3.63, 3.8) is 0 Å². The number of carbonyl (C=O) groups is 1. The first-order valence-electron chi connectivity index (χ1n) is 9.04. The Hall–Kier alpha value is -1.77. The monoisotopic (exact) mass is 386 g/mol. The summed E-state index contributed by atoms with van der Waals surface area (Å²) in [4.78, 5) is 13.2. The van der Waals surface area contributed by atoms with Crippen LogP contribution in [0.2, 0.25) is 10.0 Å². The van der Waals surface area contributed by atoms with Crippen molar-refractivity contribution < 1.29 is 9.53 Å². The minimum absolute atomic E-state index is 0.00741. The molecule has 1 heterocycles. The van der Waals surface area contributed by atoms with Crippen molar-refractivity contribution in [3.05, 3.63) is 75.8 Å². The number of rotatable bonds is 2. The molecular weight excluding hydrogens is 367 g/mol. The van der Waals surface area contributed by atoms with Gasteiger partial charge in [0.2, 0.25) is 0 Å². The molecule has 2 nitrogen and oxygen atoms in total. The summed E-state index contributed by atoms with van der Waals surface area (Å²) in [6, 6.07) is 15.2. The van der Waals surface area contributed by atoms with E-state index < -0.39 is 5.41 Å². The first-order valence-corrected chi connectivity index (χ1v) is 9.80. The topological polar surface area (TPSA) is 26.3 Å². The van der Waals surface area contributed by atoms with Crippen LogP contribution in [0.1, 0.15) is 49.1 Å². The van der Waals surface area contributed by atoms with Crippen LogP contribution in [0.25, 0.3) is 5.76 Å². The number of esters is 1. The molecule has 0 amide bonds. The standard InChI is InChI=1S/C22H20Cl2O2/c23-17-8-4-15(5-9-17)19-14-20(16-6-10-18(24)11-7-16)26-21(25)22(19)12-2-1-3-13-22/h4-11,14,19H,1-3,12-13H2. The molecule has 4 rings (SSSR count). The van der Waals surface area contributed by atoms with Crippen LogP contribution in [0.3, 0.4) is 0 Å². The van der Waals surface area contributed by atoms with E-state index >= 15 is 0 Å². The highest BCUT2D eigenvalue weighted by Gasteiger charge is 2.50. The van der Waals surface area contributed by atoms with Crippen LogP contribution >= 0.6 is 23.2 Å². The molecule has 4 heteroatoms. The zero-order valence-electron chi connectivity index (χ0n) is 14.4. The third kappa shape index (κ3) is 3.17. The molecule has 0 N–H and O–H groups in total. The van der Waals surface area contributed by atoms with Crippen molar-refractivity contribution in [1.82, 2.24) is 0 Å². The molecule has 0 bridgehead atoms. The Balaban J connectivity index is 1.81. The molecule has 26 heavy (non-hydrogen) atoms. The second-order valence-electron chi connectivity index (χ2n) is 7.17. The smallest absolute Gasteiger partial charge is 0.318 e. The first kappa shape index (κ1) is 17.6. The van der Waals surface area contributed by atoms with Gasteiger partial charge in [-0.25, -0.2) is 0 Å². The maximum absolute atomic E-state index is 13.2. The summed E-state index contributed by atoms with van der Waals surface area (Å²) in [6.07, 6.45) is 7.13. The molecule has 134 valence electrons. The molecule has 1 fully saturated rings. The number of hydrogen-bond acceptors (Lipinski definition) is 2. The van der Waals surface area contributed by atoms with Crippen LogP contribution in [0, 0.1) is 5.41 Å². The number of allylic oxidation sites excluding steroid dienone is 1. The summed E-state index contributed by atoms with van der Waals surface area (Å²) >= 11 is 12.1. The molecule has 1 saturated carbocycles. The lowest BCUT2D eigenvalue weighted by molar-refractivity contribution is -0.153. The van der Waals surface area contributed by atoms with Crippen LogP contribution in [0.15, 0.2) is 54.6 Å². The summed E-state index contributed by atoms with van der Waals surface area (Å²) < 4.78 is 5.83. The van der Waals surface area contributed by atoms with Gasteiger partial charge in [0.1, 0.15) is 5.76 Å². The predicted octanol–water partition coefficient (Wildman–Crippen LogP) is 6.63. The molecule has 2 aromatic carbocycles. The number of hydrogen-bond donors (Lipinski definition) is 0. The van der Waals surface area contributed by atoms with Gasteiger partial charge in [-0.15, -0.1) is 0 Å². The SMILES string of the molecule is O=C1OC(c2ccc(Cl)cc2)=CC(c2ccc(Cl)cc2)C12CCCCC2. The lowest BCUT2D eigenvalue weighted by atomic mass is 9.62. The number of cyclic esters (lactones) is 1. The second-order valence-corrected chi connectivity index (χ2v) is 8.05. The van der Waals surface area contributed by atoms with Crippen LogP contribution in [-0.2, 0) is 9.53 Å². The van der Waals surface area contributed by atoms with Crippen molar-refractivity contribution >= 4 is 34.9 Å². The molecule has 1 aliphatic carbocycles. The van der Waals surface area contributed by atoms with E-state index in [1.807, 2.05) is 48.5 Å². The fraction of sp³-hybridized carbons (Fsp3) is 0.318. The Morgan fingerprint density at radius 2 is 1.42 bits per heavy atom. The first-order chi connectivity index (χ1) is 12.6. The van der Waals surface area contributed by atoms with E-state index in [1.54, 1.807) is 0 Å². The van der Waals surface area contributed by atoms with E-state index in [-0.39, 0.29) is 11.9 Å². The highest BCUT2D eigenvalue weighted by molar-refractivity contribution is 6.30. The maximum atomic E-state index is 13.2. The highest BCUT2D eigenvalue weighted by atomic mass is 35.5. The zero-order valence-corrected chi connectivity index (χ0v) is 15.9. The maximum Gasteiger partial charge on any atom is 0.318 e. The van der Waals surface area contributed by atoms with E-state index in [1.165, 1.54) is 6.42 Å². The van der Waals surface area contributed by atoms with E-state index in [4.69, 9.17) is 27.9 Å². The lowest BCUT2D eigenvalue weighted by Crippen LogP contribution is -2.42. The summed E-state index contributed by atoms with van der Waals surface area (Å²) in [7, 11) is 0. The Bertz CT molecular complexity index is 831. The van der Waals surface area contributed by atoms with Crippen LogP contribution in [0.5, 0.6) is 0 Å². The van der Waals surface area contributed by atoms with Gasteiger partial charge < -0.3 is 4.74 Å². The Kier molecular flexibility index (Phi) is 4.81. The summed E-state index contributed by atoms with van der Waals surface area (Å²) in [5.41, 5.74) is 1.51. The molecule has 0 radical (unpaired) electrons. The summed E-state index contributed by atoms with van der Waals surface area (Å²) in [6.45, 7) is 0. The van der Waals surface area contributed by atoms with Crippen molar-refractivity contribution in [3.8, 4) is 0 Å². The molecule has 2 aromatic rings. The molecule has 0 saturated heterocycles. The molecule has 1 spiro atoms. The lowest BCUT2D eigenvalue weighted by Gasteiger charge is -2.43. The van der Waals surface area contributed by atoms with E-state index in [0.29, 0.717) is 15.8 Å². The summed E-state index contributed by atoms with van der Waals surface area (Å²) in [5, 5.41) is 1.36. The van der Waals surface area contributed by atoms with Crippen LogP contribution in [0.4, 0.5) is 0 Å². The Morgan fingerprint density at radius 3 is 2.04 bits per heavy atom. The van der Waals surface area contributed by atoms with Gasteiger partial charge in [0.15, 0.2) is 0 Å². The molecule has 1 atom stereocenters. The fourth-order valence-electron chi connectivity index (χ4n) is 4.23. The largest absolute Gasteiger partial charge is 0.426 e. The van der Waals surface area contributed by atoms with Gasteiger partial charge in [-0.3, -0.25) is 4.79 Å². The molecule has 1 aliphatic heterocycles. The van der Waals surface area contributed by atoms with Gasteiger partial charge in [0.05, 0.1) is 5.41 Å². The summed E-state index contributed by atoms with van der Waals surface area (Å²) in [5.74, 6) is 0.499. The second kappa shape index (κ2) is 7.09. The molecule has 2 aliphatic rings. The normalized spacial score (nSPS) is 22.0. The number of halogens is 2. The van der Waals surface area contributed by atoms with E-state index in [9.17, 15) is 4.79 Å². The molecular formula is C22H20Cl2O2. The van der Waals surface area contributed by atoms with Gasteiger partial charge in [0.25, 0.3) is 0 Å². The quantitative estimate of drug-likeness (QED) is 0.541. The number of ether oxygens (including phenoxy) is 1. The van der Waals surface area contributed by atoms with Gasteiger partial charge in [-0.05, 0) is 60.9 Å². The molecule has 0 aromatic heterocycles. The number of benzene rings is 2. The van der Waals surface area contributed by atoms with Crippen molar-refractivity contribution in [2.45, 2.75) is 38.0 Å². The number of carbonyl (C=O) groups excluding carboxylic acids is 1. The highest BCUT2D eigenvalue weighted by Crippen LogP contribution is 2.53. The minimum Gasteiger partial charge on any atom is -0.426 e. The van der Waals surface area contributed by atoms with Gasteiger partial charge >= 0.3 is 5.97 Å². The van der Waals surface area contributed by atoms with Gasteiger partial charge in [-0.2, -0.15) is 0 Å². The van der Waals surface area contributed by atoms with Gasteiger partial charge in [-0.1, -0.05) is 54.6 Å². The average molecular weight is 387 g/mol. The molecule has 1 unspecified atom stereocenters. The fourth-order valence-corrected chi connectivity index (χ4v) is 4.48. The Labute approximate surface area is 163 Å². The Morgan fingerprint density at radius 1 is 0.846 bits per heavy atom. The van der Waals surface area contributed by atoms with Crippen molar-refractivity contribution in [1.29, 1.82) is 0 Å². The zero-order chi connectivity index (χ0) is 18.1. The van der Waals surface area contributed by atoms with Crippen LogP contribution in [-0.4, -0.2) is 5.97 Å². The van der Waals surface area contributed by atoms with Gasteiger partial charge in [0, 0.05) is 21.5 Å². The predicted molar refractivity (Wildman–Crippen MR) is 105 cm³/mol. The van der Waals surface area contributed by atoms with Crippen LogP contribution < -0.4 is 0 Å². The average Bonchev–Trinajstić information content (AvgIpc) is 2.66. The van der Waals surface area contributed by atoms with E-state index in [2.05, 4.69) is 6.08 Å². The van der Waals surface area contributed by atoms with Crippen molar-refractivity contribution in [2.75, 3.05) is 0 Å². The minimum atomic E-state index is -0.470. The third-order valence-corrected chi connectivity index (χ3v) is 6.13. The van der Waals surface area contributed by atoms with Crippen molar-refractivity contribution in [2.24, 2.45) is 5.41 Å². The van der Waals surface area contributed by atoms with E-state index in [0.717, 1.165) is 36.8 Å². The third-order valence-electron chi connectivity index (χ3n) is 5.63.